The van der Waals surface area contributed by atoms with Crippen LogP contribution in [-0.4, -0.2) is 83.0 Å². The van der Waals surface area contributed by atoms with Gasteiger partial charge in [-0.05, 0) is 18.9 Å². The van der Waals surface area contributed by atoms with Gasteiger partial charge in [-0.2, -0.15) is 0 Å². The van der Waals surface area contributed by atoms with E-state index in [2.05, 4.69) is 29.9 Å². The molecule has 2 aromatic rings. The smallest absolute Gasteiger partial charge is 0.409 e. The van der Waals surface area contributed by atoms with Gasteiger partial charge in [-0.15, -0.1) is 0 Å². The average molecular weight is 594 g/mol. The minimum absolute atomic E-state index is 0.0374. The number of amidine groups is 1. The molecule has 2 fully saturated rings. The molecule has 2 aliphatic heterocycles. The first-order valence-corrected chi connectivity index (χ1v) is 14.5. The van der Waals surface area contributed by atoms with E-state index in [9.17, 15) is 14.0 Å². The number of rotatable bonds is 12. The van der Waals surface area contributed by atoms with Gasteiger partial charge >= 0.3 is 15.6 Å². The van der Waals surface area contributed by atoms with Crippen molar-refractivity contribution in [3.63, 3.8) is 0 Å². The van der Waals surface area contributed by atoms with Gasteiger partial charge in [0.25, 0.3) is 0 Å². The molecule has 9 N–H and O–H groups in total. The quantitative estimate of drug-likeness (QED) is 0.0544. The maximum Gasteiger partial charge on any atom is 0.472 e. The van der Waals surface area contributed by atoms with E-state index in [0.717, 1.165) is 0 Å². The highest BCUT2D eigenvalue weighted by atomic mass is 31.2. The second-order valence-corrected chi connectivity index (χ2v) is 11.1. The number of imidazole rings is 1. The van der Waals surface area contributed by atoms with Crippen LogP contribution in [0.4, 0.5) is 5.82 Å². The van der Waals surface area contributed by atoms with Gasteiger partial charge in [0.1, 0.15) is 36.5 Å². The molecule has 0 aromatic carbocycles. The third-order valence-corrected chi connectivity index (χ3v) is 7.23. The summed E-state index contributed by atoms with van der Waals surface area (Å²) in [4.78, 5) is 40.6. The summed E-state index contributed by atoms with van der Waals surface area (Å²) in [6.45, 7) is -0.924. The van der Waals surface area contributed by atoms with Crippen LogP contribution in [0.25, 0.3) is 11.2 Å². The lowest BCUT2D eigenvalue weighted by Crippen LogP contribution is -2.29. The first kappa shape index (κ1) is 29.3. The highest BCUT2D eigenvalue weighted by Gasteiger charge is 2.42. The number of nitrogens with one attached hydrogen (secondary N) is 1. The molecular formula is C18H28N8O11P2. The Kier molecular flexibility index (Phi) is 9.18. The molecule has 0 saturated carbocycles. The summed E-state index contributed by atoms with van der Waals surface area (Å²) in [6.07, 6.45) is 2.20. The summed E-state index contributed by atoms with van der Waals surface area (Å²) in [6, 6.07) is 0. The van der Waals surface area contributed by atoms with Crippen LogP contribution in [0.3, 0.4) is 0 Å². The Balaban J connectivity index is 1.33. The van der Waals surface area contributed by atoms with Gasteiger partial charge in [0, 0.05) is 12.6 Å². The maximum absolute atomic E-state index is 12.7. The van der Waals surface area contributed by atoms with Gasteiger partial charge in [-0.1, -0.05) is 5.16 Å². The Morgan fingerprint density at radius 1 is 1.21 bits per heavy atom. The van der Waals surface area contributed by atoms with Gasteiger partial charge < -0.3 is 46.1 Å². The van der Waals surface area contributed by atoms with Crippen LogP contribution in [0.2, 0.25) is 0 Å². The number of hydrogen-bond donors (Lipinski definition) is 7. The number of nitrogens with zero attached hydrogens (tertiary/aromatic N) is 5. The molecule has 4 heterocycles. The molecule has 2 aromatic heterocycles. The molecule has 39 heavy (non-hydrogen) atoms. The number of anilines is 1. The number of oxime groups is 1. The molecule has 6 atom stereocenters. The first-order valence-electron chi connectivity index (χ1n) is 11.4. The van der Waals surface area contributed by atoms with Crippen molar-refractivity contribution in [3.05, 3.63) is 24.9 Å². The Morgan fingerprint density at radius 2 is 2.00 bits per heavy atom. The van der Waals surface area contributed by atoms with Crippen LogP contribution in [0.5, 0.6) is 0 Å². The van der Waals surface area contributed by atoms with Gasteiger partial charge in [-0.25, -0.2) is 24.1 Å². The number of phosphoric acid groups is 2. The number of fused-ring (bicyclic) bond motifs is 1. The molecule has 0 spiro atoms. The fourth-order valence-corrected chi connectivity index (χ4v) is 5.32. The number of phosphoric ester groups is 2. The zero-order valence-electron chi connectivity index (χ0n) is 20.2. The average Bonchev–Trinajstić information content (AvgIpc) is 3.59. The highest BCUT2D eigenvalue weighted by molar-refractivity contribution is 7.47. The van der Waals surface area contributed by atoms with Crippen molar-refractivity contribution >= 4 is 38.5 Å². The van der Waals surface area contributed by atoms with E-state index >= 15 is 0 Å². The Morgan fingerprint density at radius 3 is 2.74 bits per heavy atom. The molecule has 2 aliphatic rings. The standard InChI is InChI=1S/C18H28N8O11P2/c19-13(25-27)3-4-21-14-5-11(12(36-14)7-33-38(28,29)30)37-39(31,32)34-6-10-1-2-15(35-10)26-9-24-16-17(20)22-8-23-18(16)26/h3-4,8-12,14-15,21,27H,1-2,5-7H2,(H2,19,25)(H,31,32)(H2,20,22,23)(H2,28,29,30)/b4-3-/t10-,11?,12+,14+,15?/m0/s1. The molecule has 0 aliphatic carbocycles. The topological polar surface area (TPSA) is 281 Å². The summed E-state index contributed by atoms with van der Waals surface area (Å²) >= 11 is 0. The summed E-state index contributed by atoms with van der Waals surface area (Å²) in [5.41, 5.74) is 12.1. The normalized spacial score (nSPS) is 27.9. The molecule has 0 amide bonds. The van der Waals surface area contributed by atoms with E-state index in [1.165, 1.54) is 24.9 Å². The predicted molar refractivity (Wildman–Crippen MR) is 130 cm³/mol. The van der Waals surface area contributed by atoms with E-state index in [-0.39, 0.29) is 24.7 Å². The lowest BCUT2D eigenvalue weighted by Gasteiger charge is -2.22. The molecular weight excluding hydrogens is 566 g/mol. The van der Waals surface area contributed by atoms with Gasteiger partial charge in [0.05, 0.1) is 25.6 Å². The van der Waals surface area contributed by atoms with Crippen LogP contribution >= 0.6 is 15.6 Å². The monoisotopic (exact) mass is 594 g/mol. The molecule has 216 valence electrons. The lowest BCUT2D eigenvalue weighted by atomic mass is 10.2. The SMILES string of the molecule is NC(/C=C\N[C@H]1CC(OP(=O)(O)OC[C@@H]2CCC(n3cnc4c(N)ncnc43)O2)[C@@H](COP(=O)(O)O)O1)=NO. The first-order chi connectivity index (χ1) is 18.4. The molecule has 0 bridgehead atoms. The van der Waals surface area contributed by atoms with Crippen LogP contribution in [0.15, 0.2) is 30.1 Å². The summed E-state index contributed by atoms with van der Waals surface area (Å²) < 4.78 is 51.9. The molecule has 19 nitrogen and oxygen atoms in total. The van der Waals surface area contributed by atoms with Crippen molar-refractivity contribution in [1.29, 1.82) is 0 Å². The third kappa shape index (κ3) is 7.92. The summed E-state index contributed by atoms with van der Waals surface area (Å²) in [5.74, 6) is 0.0184. The third-order valence-electron chi connectivity index (χ3n) is 5.73. The second-order valence-electron chi connectivity index (χ2n) is 8.49. The Hall–Kier alpha value is -2.70. The largest absolute Gasteiger partial charge is 0.472 e. The molecule has 21 heteroatoms. The van der Waals surface area contributed by atoms with E-state index in [1.807, 2.05) is 0 Å². The van der Waals surface area contributed by atoms with Crippen molar-refractivity contribution in [2.75, 3.05) is 18.9 Å². The van der Waals surface area contributed by atoms with Crippen LogP contribution in [0.1, 0.15) is 25.5 Å². The van der Waals surface area contributed by atoms with Crippen LogP contribution < -0.4 is 16.8 Å². The minimum Gasteiger partial charge on any atom is -0.409 e. The van der Waals surface area contributed by atoms with E-state index < -0.39 is 53.0 Å². The predicted octanol–water partition coefficient (Wildman–Crippen LogP) is -0.338. The number of nitrogen functional groups attached to an aromatic ring is 1. The van der Waals surface area contributed by atoms with Crippen molar-refractivity contribution in [1.82, 2.24) is 24.8 Å². The van der Waals surface area contributed by atoms with Crippen LogP contribution in [-0.2, 0) is 32.2 Å². The maximum atomic E-state index is 12.7. The summed E-state index contributed by atoms with van der Waals surface area (Å²) in [5, 5.41) is 14.1. The van der Waals surface area contributed by atoms with Gasteiger partial charge in [0.15, 0.2) is 17.3 Å². The molecule has 3 unspecified atom stereocenters. The molecule has 4 rings (SSSR count). The molecule has 0 radical (unpaired) electrons. The molecule has 2 saturated heterocycles. The van der Waals surface area contributed by atoms with E-state index in [0.29, 0.717) is 24.0 Å². The number of ether oxygens (including phenoxy) is 2. The minimum atomic E-state index is -4.86. The number of nitrogens with two attached hydrogens (primary N) is 2. The van der Waals surface area contributed by atoms with E-state index in [4.69, 9.17) is 45.0 Å². The van der Waals surface area contributed by atoms with Gasteiger partial charge in [0.2, 0.25) is 0 Å². The zero-order valence-corrected chi connectivity index (χ0v) is 22.0. The number of hydrogen-bond acceptors (Lipinski definition) is 14. The Bertz CT molecular complexity index is 1300. The fourth-order valence-electron chi connectivity index (χ4n) is 4.00. The fraction of sp³-hybridized carbons (Fsp3) is 0.556. The van der Waals surface area contributed by atoms with Crippen molar-refractivity contribution in [3.8, 4) is 0 Å². The summed E-state index contributed by atoms with van der Waals surface area (Å²) in [7, 11) is -9.54. The zero-order chi connectivity index (χ0) is 28.2. The van der Waals surface area contributed by atoms with Gasteiger partial charge in [-0.3, -0.25) is 18.1 Å². The highest BCUT2D eigenvalue weighted by Crippen LogP contribution is 2.48. The number of aromatic nitrogens is 4. The van der Waals surface area contributed by atoms with Crippen molar-refractivity contribution in [2.24, 2.45) is 10.9 Å². The van der Waals surface area contributed by atoms with E-state index in [1.54, 1.807) is 4.57 Å². The van der Waals surface area contributed by atoms with Crippen molar-refractivity contribution < 1.29 is 52.1 Å². The lowest BCUT2D eigenvalue weighted by molar-refractivity contribution is -0.0382. The van der Waals surface area contributed by atoms with Crippen molar-refractivity contribution in [2.45, 2.75) is 50.0 Å². The second kappa shape index (κ2) is 12.2. The Labute approximate surface area is 220 Å². The van der Waals surface area contributed by atoms with Crippen LogP contribution in [0, 0.1) is 0 Å².